The van der Waals surface area contributed by atoms with Gasteiger partial charge in [-0.25, -0.2) is 9.78 Å². The van der Waals surface area contributed by atoms with E-state index in [2.05, 4.69) is 15.0 Å². The van der Waals surface area contributed by atoms with Gasteiger partial charge in [0.2, 0.25) is 5.88 Å². The van der Waals surface area contributed by atoms with Crippen LogP contribution in [0.3, 0.4) is 0 Å². The number of hydrogen-bond acceptors (Lipinski definition) is 7. The Hall–Kier alpha value is -3.79. The van der Waals surface area contributed by atoms with Gasteiger partial charge in [0, 0.05) is 24.2 Å². The zero-order chi connectivity index (χ0) is 18.4. The Bertz CT molecular complexity index is 968. The summed E-state index contributed by atoms with van der Waals surface area (Å²) in [6, 6.07) is 12.2. The monoisotopic (exact) mass is 346 g/mol. The molecule has 2 aromatic heterocycles. The van der Waals surface area contributed by atoms with E-state index in [4.69, 9.17) is 14.7 Å². The Morgan fingerprint density at radius 1 is 1.23 bits per heavy atom. The normalized spacial score (nSPS) is 10.0. The third-order valence-corrected chi connectivity index (χ3v) is 3.35. The Balaban J connectivity index is 2.03. The zero-order valence-electron chi connectivity index (χ0n) is 13.9. The van der Waals surface area contributed by atoms with Crippen LogP contribution in [0, 0.1) is 11.3 Å². The third-order valence-electron chi connectivity index (χ3n) is 3.35. The quantitative estimate of drug-likeness (QED) is 0.653. The molecule has 0 amide bonds. The van der Waals surface area contributed by atoms with E-state index in [9.17, 15) is 4.79 Å². The van der Waals surface area contributed by atoms with Crippen LogP contribution < -0.4 is 4.74 Å². The van der Waals surface area contributed by atoms with E-state index in [-0.39, 0.29) is 18.1 Å². The van der Waals surface area contributed by atoms with Gasteiger partial charge >= 0.3 is 5.97 Å². The Labute approximate surface area is 149 Å². The van der Waals surface area contributed by atoms with Crippen molar-refractivity contribution in [2.24, 2.45) is 0 Å². The molecule has 26 heavy (non-hydrogen) atoms. The van der Waals surface area contributed by atoms with Crippen LogP contribution in [0.4, 0.5) is 0 Å². The number of carbonyl (C=O) groups excluding carboxylic acids is 1. The van der Waals surface area contributed by atoms with E-state index in [1.165, 1.54) is 6.20 Å². The summed E-state index contributed by atoms with van der Waals surface area (Å²) < 4.78 is 10.8. The minimum atomic E-state index is -0.586. The second kappa shape index (κ2) is 7.85. The molecule has 7 heteroatoms. The average molecular weight is 346 g/mol. The first kappa shape index (κ1) is 17.0. The van der Waals surface area contributed by atoms with E-state index < -0.39 is 5.97 Å². The maximum atomic E-state index is 12.2. The van der Waals surface area contributed by atoms with Crippen LogP contribution in [-0.2, 0) is 4.74 Å². The highest BCUT2D eigenvalue weighted by Crippen LogP contribution is 2.26. The van der Waals surface area contributed by atoms with Gasteiger partial charge in [0.05, 0.1) is 18.2 Å². The largest absolute Gasteiger partial charge is 0.462 e. The van der Waals surface area contributed by atoms with E-state index in [0.29, 0.717) is 22.7 Å². The molecule has 3 rings (SSSR count). The van der Waals surface area contributed by atoms with Crippen LogP contribution in [0.2, 0.25) is 0 Å². The van der Waals surface area contributed by atoms with Gasteiger partial charge in [-0.3, -0.25) is 4.98 Å². The van der Waals surface area contributed by atoms with Crippen molar-refractivity contribution in [2.45, 2.75) is 6.92 Å². The molecule has 128 valence electrons. The minimum absolute atomic E-state index is 0.0485. The second-order valence-electron chi connectivity index (χ2n) is 5.12. The molecular weight excluding hydrogens is 332 g/mol. The number of rotatable bonds is 5. The molecular formula is C19H14N4O3. The predicted octanol–water partition coefficient (Wildman–Crippen LogP) is 3.38. The van der Waals surface area contributed by atoms with Crippen LogP contribution in [0.5, 0.6) is 11.6 Å². The molecule has 0 radical (unpaired) electrons. The summed E-state index contributed by atoms with van der Waals surface area (Å²) in [5, 5.41) is 9.02. The van der Waals surface area contributed by atoms with Gasteiger partial charge < -0.3 is 9.47 Å². The van der Waals surface area contributed by atoms with Crippen molar-refractivity contribution in [1.29, 1.82) is 5.26 Å². The third kappa shape index (κ3) is 3.82. The van der Waals surface area contributed by atoms with Crippen LogP contribution in [0.15, 0.2) is 55.0 Å². The second-order valence-corrected chi connectivity index (χ2v) is 5.12. The lowest BCUT2D eigenvalue weighted by atomic mass is 10.2. The summed E-state index contributed by atoms with van der Waals surface area (Å²) in [6.07, 6.45) is 4.61. The Kier molecular flexibility index (Phi) is 5.15. The summed E-state index contributed by atoms with van der Waals surface area (Å²) in [6.45, 7) is 1.92. The molecule has 0 saturated heterocycles. The van der Waals surface area contributed by atoms with Gasteiger partial charge in [0.15, 0.2) is 5.82 Å². The summed E-state index contributed by atoms with van der Waals surface area (Å²) in [7, 11) is 0. The topological polar surface area (TPSA) is 98.0 Å². The number of esters is 1. The highest BCUT2D eigenvalue weighted by Gasteiger charge is 2.19. The maximum Gasteiger partial charge on any atom is 0.345 e. The summed E-state index contributed by atoms with van der Waals surface area (Å²) >= 11 is 0. The van der Waals surface area contributed by atoms with Crippen molar-refractivity contribution < 1.29 is 14.3 Å². The van der Waals surface area contributed by atoms with Crippen LogP contribution in [-0.4, -0.2) is 27.5 Å². The molecule has 0 unspecified atom stereocenters. The molecule has 0 saturated carbocycles. The average Bonchev–Trinajstić information content (AvgIpc) is 2.69. The Morgan fingerprint density at radius 2 is 2.12 bits per heavy atom. The zero-order valence-corrected chi connectivity index (χ0v) is 13.9. The molecule has 1 aromatic carbocycles. The highest BCUT2D eigenvalue weighted by atomic mass is 16.5. The molecule has 0 aliphatic heterocycles. The molecule has 0 N–H and O–H groups in total. The van der Waals surface area contributed by atoms with E-state index >= 15 is 0 Å². The summed E-state index contributed by atoms with van der Waals surface area (Å²) in [5.41, 5.74) is 1.21. The highest BCUT2D eigenvalue weighted by molar-refractivity contribution is 5.91. The lowest BCUT2D eigenvalue weighted by Gasteiger charge is -2.11. The van der Waals surface area contributed by atoms with Gasteiger partial charge in [-0.15, -0.1) is 0 Å². The van der Waals surface area contributed by atoms with E-state index in [1.54, 1.807) is 55.7 Å². The van der Waals surface area contributed by atoms with Gasteiger partial charge in [-0.05, 0) is 37.3 Å². The van der Waals surface area contributed by atoms with Crippen molar-refractivity contribution in [3.8, 4) is 29.1 Å². The van der Waals surface area contributed by atoms with E-state index in [0.717, 1.165) is 0 Å². The van der Waals surface area contributed by atoms with Crippen LogP contribution in [0.1, 0.15) is 22.8 Å². The van der Waals surface area contributed by atoms with Gasteiger partial charge in [0.1, 0.15) is 11.3 Å². The van der Waals surface area contributed by atoms with Gasteiger partial charge in [-0.1, -0.05) is 6.07 Å². The number of nitrogens with zero attached hydrogens (tertiary/aromatic N) is 4. The van der Waals surface area contributed by atoms with Crippen molar-refractivity contribution in [3.05, 3.63) is 66.1 Å². The SMILES string of the molecule is CCOC(=O)c1cnc(-c2cccnc2)nc1Oc1cccc(C#N)c1. The van der Waals surface area contributed by atoms with Crippen molar-refractivity contribution >= 4 is 5.97 Å². The molecule has 3 aromatic rings. The summed E-state index contributed by atoms with van der Waals surface area (Å²) in [5.74, 6) is 0.201. The molecule has 0 fully saturated rings. The molecule has 0 bridgehead atoms. The molecule has 2 heterocycles. The molecule has 7 nitrogen and oxygen atoms in total. The lowest BCUT2D eigenvalue weighted by molar-refractivity contribution is 0.0522. The fourth-order valence-electron chi connectivity index (χ4n) is 2.17. The number of pyridine rings is 1. The van der Waals surface area contributed by atoms with Crippen LogP contribution >= 0.6 is 0 Å². The Morgan fingerprint density at radius 3 is 2.85 bits per heavy atom. The fourth-order valence-corrected chi connectivity index (χ4v) is 2.17. The van der Waals surface area contributed by atoms with Crippen molar-refractivity contribution in [3.63, 3.8) is 0 Å². The number of nitriles is 1. The number of ether oxygens (including phenoxy) is 2. The van der Waals surface area contributed by atoms with Crippen LogP contribution in [0.25, 0.3) is 11.4 Å². The molecule has 0 spiro atoms. The lowest BCUT2D eigenvalue weighted by Crippen LogP contribution is -2.09. The first-order valence-corrected chi connectivity index (χ1v) is 7.84. The fraction of sp³-hybridized carbons (Fsp3) is 0.105. The van der Waals surface area contributed by atoms with Gasteiger partial charge in [-0.2, -0.15) is 10.2 Å². The van der Waals surface area contributed by atoms with Crippen molar-refractivity contribution in [2.75, 3.05) is 6.61 Å². The first-order chi connectivity index (χ1) is 12.7. The number of hydrogen-bond donors (Lipinski definition) is 0. The minimum Gasteiger partial charge on any atom is -0.462 e. The smallest absolute Gasteiger partial charge is 0.345 e. The summed E-state index contributed by atoms with van der Waals surface area (Å²) in [4.78, 5) is 24.8. The standard InChI is InChI=1S/C19H14N4O3/c1-2-25-19(24)16-12-22-17(14-6-4-8-21-11-14)23-18(16)26-15-7-3-5-13(9-15)10-20/h3-9,11-12H,2H2,1H3. The molecule has 0 aliphatic rings. The van der Waals surface area contributed by atoms with E-state index in [1.807, 2.05) is 6.07 Å². The molecule has 0 aliphatic carbocycles. The molecule has 0 atom stereocenters. The maximum absolute atomic E-state index is 12.2. The predicted molar refractivity (Wildman–Crippen MR) is 92.5 cm³/mol. The number of benzene rings is 1. The van der Waals surface area contributed by atoms with Crippen molar-refractivity contribution in [1.82, 2.24) is 15.0 Å². The van der Waals surface area contributed by atoms with Gasteiger partial charge in [0.25, 0.3) is 0 Å². The number of aromatic nitrogens is 3. The number of carbonyl (C=O) groups is 1. The first-order valence-electron chi connectivity index (χ1n) is 7.84.